The Hall–Kier alpha value is -0.470. The Labute approximate surface area is 58.8 Å². The molecule has 0 spiro atoms. The molecule has 1 atom stereocenters. The van der Waals surface area contributed by atoms with Crippen molar-refractivity contribution in [2.75, 3.05) is 6.61 Å². The Morgan fingerprint density at radius 3 is 3.00 bits per heavy atom. The van der Waals surface area contributed by atoms with Gasteiger partial charge >= 0.3 is 0 Å². The minimum absolute atomic E-state index is 0.0413. The van der Waals surface area contributed by atoms with Crippen molar-refractivity contribution in [2.24, 2.45) is 0 Å². The van der Waals surface area contributed by atoms with Crippen molar-refractivity contribution in [3.63, 3.8) is 0 Å². The van der Waals surface area contributed by atoms with Gasteiger partial charge in [-0.1, -0.05) is 11.6 Å². The van der Waals surface area contributed by atoms with E-state index in [0.29, 0.717) is 5.03 Å². The van der Waals surface area contributed by atoms with E-state index in [9.17, 15) is 0 Å². The predicted octanol–water partition coefficient (Wildman–Crippen LogP) is 0.587. The minimum Gasteiger partial charge on any atom is -0.394 e. The Morgan fingerprint density at radius 2 is 2.56 bits per heavy atom. The SMILES string of the molecule is OCC1NC=CC=C1Cl. The first-order valence-electron chi connectivity index (χ1n) is 2.73. The quantitative estimate of drug-likeness (QED) is 0.566. The summed E-state index contributed by atoms with van der Waals surface area (Å²) in [5.74, 6) is 0. The van der Waals surface area contributed by atoms with Crippen LogP contribution >= 0.6 is 11.6 Å². The summed E-state index contributed by atoms with van der Waals surface area (Å²) >= 11 is 5.67. The number of dihydropyridines is 1. The van der Waals surface area contributed by atoms with Crippen LogP contribution in [-0.4, -0.2) is 17.8 Å². The van der Waals surface area contributed by atoms with Crippen molar-refractivity contribution in [3.8, 4) is 0 Å². The summed E-state index contributed by atoms with van der Waals surface area (Å²) in [6.45, 7) is 0.0413. The molecule has 0 saturated carbocycles. The summed E-state index contributed by atoms with van der Waals surface area (Å²) in [6.07, 6.45) is 5.32. The lowest BCUT2D eigenvalue weighted by Crippen LogP contribution is -2.29. The van der Waals surface area contributed by atoms with E-state index in [1.54, 1.807) is 18.4 Å². The molecule has 0 aromatic heterocycles. The summed E-state index contributed by atoms with van der Waals surface area (Å²) in [6, 6.07) is -0.100. The number of hydrogen-bond acceptors (Lipinski definition) is 2. The number of halogens is 1. The van der Waals surface area contributed by atoms with Crippen LogP contribution in [0.5, 0.6) is 0 Å². The topological polar surface area (TPSA) is 32.3 Å². The Morgan fingerprint density at radius 1 is 1.78 bits per heavy atom. The van der Waals surface area contributed by atoms with E-state index >= 15 is 0 Å². The fraction of sp³-hybridized carbons (Fsp3) is 0.333. The second kappa shape index (κ2) is 2.90. The van der Waals surface area contributed by atoms with E-state index < -0.39 is 0 Å². The van der Waals surface area contributed by atoms with Gasteiger partial charge in [-0.15, -0.1) is 0 Å². The fourth-order valence-corrected chi connectivity index (χ4v) is 0.852. The zero-order chi connectivity index (χ0) is 6.69. The summed E-state index contributed by atoms with van der Waals surface area (Å²) in [5.41, 5.74) is 0. The van der Waals surface area contributed by atoms with E-state index in [1.165, 1.54) is 0 Å². The van der Waals surface area contributed by atoms with E-state index in [4.69, 9.17) is 16.7 Å². The molecule has 1 heterocycles. The van der Waals surface area contributed by atoms with Gasteiger partial charge in [0.15, 0.2) is 0 Å². The van der Waals surface area contributed by atoms with Gasteiger partial charge in [0.2, 0.25) is 0 Å². The molecule has 0 bridgehead atoms. The Bertz CT molecular complexity index is 153. The number of aliphatic hydroxyl groups is 1. The van der Waals surface area contributed by atoms with Gasteiger partial charge < -0.3 is 10.4 Å². The summed E-state index contributed by atoms with van der Waals surface area (Å²) in [5, 5.41) is 12.2. The molecule has 3 heteroatoms. The molecular weight excluding hydrogens is 138 g/mol. The second-order valence-corrected chi connectivity index (χ2v) is 2.25. The number of nitrogens with one attached hydrogen (secondary N) is 1. The average molecular weight is 146 g/mol. The lowest BCUT2D eigenvalue weighted by Gasteiger charge is -2.15. The molecule has 0 aliphatic carbocycles. The molecule has 0 aromatic carbocycles. The van der Waals surface area contributed by atoms with Gasteiger partial charge in [0.25, 0.3) is 0 Å². The third-order valence-corrected chi connectivity index (χ3v) is 1.55. The number of rotatable bonds is 1. The third kappa shape index (κ3) is 1.47. The molecule has 0 aromatic rings. The smallest absolute Gasteiger partial charge is 0.0846 e. The lowest BCUT2D eigenvalue weighted by molar-refractivity contribution is 0.270. The Kier molecular flexibility index (Phi) is 2.14. The highest BCUT2D eigenvalue weighted by atomic mass is 35.5. The van der Waals surface area contributed by atoms with Crippen LogP contribution in [0, 0.1) is 0 Å². The number of aliphatic hydroxyl groups excluding tert-OH is 1. The van der Waals surface area contributed by atoms with E-state index in [2.05, 4.69) is 5.32 Å². The van der Waals surface area contributed by atoms with Crippen LogP contribution in [0.15, 0.2) is 23.4 Å². The second-order valence-electron chi connectivity index (χ2n) is 1.81. The van der Waals surface area contributed by atoms with Gasteiger partial charge in [0.05, 0.1) is 12.6 Å². The van der Waals surface area contributed by atoms with Gasteiger partial charge in [0, 0.05) is 5.03 Å². The van der Waals surface area contributed by atoms with Gasteiger partial charge in [-0.05, 0) is 18.4 Å². The first-order valence-corrected chi connectivity index (χ1v) is 3.11. The molecule has 0 radical (unpaired) electrons. The van der Waals surface area contributed by atoms with Gasteiger partial charge in [-0.2, -0.15) is 0 Å². The van der Waals surface area contributed by atoms with Crippen LogP contribution < -0.4 is 5.32 Å². The Balaban J connectivity index is 2.59. The largest absolute Gasteiger partial charge is 0.394 e. The average Bonchev–Trinajstić information content (AvgIpc) is 1.89. The maximum absolute atomic E-state index is 8.64. The van der Waals surface area contributed by atoms with E-state index in [0.717, 1.165) is 0 Å². The van der Waals surface area contributed by atoms with Crippen LogP contribution in [0.25, 0.3) is 0 Å². The molecule has 0 fully saturated rings. The molecule has 0 saturated heterocycles. The van der Waals surface area contributed by atoms with Gasteiger partial charge in [0.1, 0.15) is 0 Å². The van der Waals surface area contributed by atoms with Crippen molar-refractivity contribution in [2.45, 2.75) is 6.04 Å². The first kappa shape index (κ1) is 6.65. The highest BCUT2D eigenvalue weighted by molar-refractivity contribution is 6.30. The van der Waals surface area contributed by atoms with Crippen molar-refractivity contribution in [3.05, 3.63) is 23.4 Å². The van der Waals surface area contributed by atoms with Crippen molar-refractivity contribution in [1.82, 2.24) is 5.32 Å². The van der Waals surface area contributed by atoms with Crippen LogP contribution in [-0.2, 0) is 0 Å². The predicted molar refractivity (Wildman–Crippen MR) is 37.1 cm³/mol. The standard InChI is InChI=1S/C6H8ClNO/c7-5-2-1-3-8-6(5)4-9/h1-3,6,8-9H,4H2. The minimum atomic E-state index is -0.100. The summed E-state index contributed by atoms with van der Waals surface area (Å²) in [7, 11) is 0. The fourth-order valence-electron chi connectivity index (χ4n) is 0.647. The molecule has 9 heavy (non-hydrogen) atoms. The highest BCUT2D eigenvalue weighted by Crippen LogP contribution is 2.10. The molecule has 1 aliphatic heterocycles. The van der Waals surface area contributed by atoms with Gasteiger partial charge in [-0.25, -0.2) is 0 Å². The van der Waals surface area contributed by atoms with Crippen LogP contribution in [0.3, 0.4) is 0 Å². The van der Waals surface area contributed by atoms with Crippen molar-refractivity contribution < 1.29 is 5.11 Å². The van der Waals surface area contributed by atoms with Crippen LogP contribution in [0.4, 0.5) is 0 Å². The first-order chi connectivity index (χ1) is 4.34. The van der Waals surface area contributed by atoms with Crippen molar-refractivity contribution >= 4 is 11.6 Å². The third-order valence-electron chi connectivity index (χ3n) is 1.16. The molecule has 1 unspecified atom stereocenters. The van der Waals surface area contributed by atoms with E-state index in [1.807, 2.05) is 0 Å². The number of hydrogen-bond donors (Lipinski definition) is 2. The zero-order valence-electron chi connectivity index (χ0n) is 4.84. The highest BCUT2D eigenvalue weighted by Gasteiger charge is 2.09. The van der Waals surface area contributed by atoms with Gasteiger partial charge in [-0.3, -0.25) is 0 Å². The van der Waals surface area contributed by atoms with E-state index in [-0.39, 0.29) is 12.6 Å². The molecule has 2 N–H and O–H groups in total. The molecular formula is C6H8ClNO. The van der Waals surface area contributed by atoms with Crippen molar-refractivity contribution in [1.29, 1.82) is 0 Å². The molecule has 50 valence electrons. The molecule has 0 amide bonds. The summed E-state index contributed by atoms with van der Waals surface area (Å²) in [4.78, 5) is 0. The van der Waals surface area contributed by atoms with Crippen LogP contribution in [0.1, 0.15) is 0 Å². The maximum Gasteiger partial charge on any atom is 0.0846 e. The summed E-state index contributed by atoms with van der Waals surface area (Å²) < 4.78 is 0. The monoisotopic (exact) mass is 145 g/mol. The van der Waals surface area contributed by atoms with Crippen LogP contribution in [0.2, 0.25) is 0 Å². The molecule has 1 aliphatic rings. The molecule has 1 rings (SSSR count). The molecule has 2 nitrogen and oxygen atoms in total. The zero-order valence-corrected chi connectivity index (χ0v) is 5.60. The number of allylic oxidation sites excluding steroid dienone is 2. The lowest BCUT2D eigenvalue weighted by atomic mass is 10.2. The normalized spacial score (nSPS) is 25.1. The maximum atomic E-state index is 8.64.